The van der Waals surface area contributed by atoms with Gasteiger partial charge in [0.05, 0.1) is 5.02 Å². The zero-order valence-electron chi connectivity index (χ0n) is 8.88. The predicted octanol–water partition coefficient (Wildman–Crippen LogP) is 1.86. The Bertz CT molecular complexity index is 420. The van der Waals surface area contributed by atoms with E-state index < -0.39 is 0 Å². The van der Waals surface area contributed by atoms with Crippen molar-refractivity contribution < 1.29 is 14.3 Å². The molecule has 16 heavy (non-hydrogen) atoms. The molecule has 2 rings (SSSR count). The van der Waals surface area contributed by atoms with E-state index in [1.165, 1.54) is 0 Å². The van der Waals surface area contributed by atoms with Crippen molar-refractivity contribution in [1.29, 1.82) is 0 Å². The number of carbonyl (C=O) groups is 1. The van der Waals surface area contributed by atoms with Crippen LogP contribution in [0, 0.1) is 0 Å². The monoisotopic (exact) mass is 241 g/mol. The fraction of sp³-hybridized carbons (Fsp3) is 0.364. The van der Waals surface area contributed by atoms with Gasteiger partial charge in [0.15, 0.2) is 11.5 Å². The Morgan fingerprint density at radius 3 is 2.94 bits per heavy atom. The van der Waals surface area contributed by atoms with Crippen LogP contribution in [0.5, 0.6) is 11.5 Å². The van der Waals surface area contributed by atoms with Gasteiger partial charge >= 0.3 is 0 Å². The number of carbonyl (C=O) groups excluding carboxylic acids is 1. The Morgan fingerprint density at radius 1 is 1.44 bits per heavy atom. The fourth-order valence-electron chi connectivity index (χ4n) is 1.50. The van der Waals surface area contributed by atoms with Crippen LogP contribution in [0.3, 0.4) is 0 Å². The molecule has 0 atom stereocenters. The summed E-state index contributed by atoms with van der Waals surface area (Å²) < 4.78 is 10.7. The molecule has 0 fully saturated rings. The van der Waals surface area contributed by atoms with Crippen LogP contribution in [-0.2, 0) is 0 Å². The third-order valence-corrected chi connectivity index (χ3v) is 2.48. The van der Waals surface area contributed by atoms with Gasteiger partial charge in [-0.1, -0.05) is 11.6 Å². The number of hydrogen-bond donors (Lipinski definition) is 1. The average Bonchev–Trinajstić information content (AvgIpc) is 2.29. The van der Waals surface area contributed by atoms with Crippen LogP contribution in [0.15, 0.2) is 12.1 Å². The number of hydrogen-bond acceptors (Lipinski definition) is 3. The Morgan fingerprint density at radius 2 is 2.19 bits per heavy atom. The molecule has 1 aliphatic rings. The van der Waals surface area contributed by atoms with Gasteiger partial charge in [0.1, 0.15) is 13.2 Å². The first-order chi connectivity index (χ1) is 7.72. The molecule has 1 aromatic carbocycles. The molecule has 1 aromatic rings. The number of ether oxygens (including phenoxy) is 2. The van der Waals surface area contributed by atoms with Gasteiger partial charge in [-0.2, -0.15) is 0 Å². The highest BCUT2D eigenvalue weighted by molar-refractivity contribution is 6.32. The van der Waals surface area contributed by atoms with Crippen molar-refractivity contribution in [2.24, 2.45) is 0 Å². The summed E-state index contributed by atoms with van der Waals surface area (Å²) in [6.07, 6.45) is 0. The summed E-state index contributed by atoms with van der Waals surface area (Å²) in [5, 5.41) is 3.10. The first-order valence-electron chi connectivity index (χ1n) is 5.09. The van der Waals surface area contributed by atoms with Crippen molar-refractivity contribution in [2.75, 3.05) is 19.8 Å². The molecule has 0 bridgehead atoms. The average molecular weight is 242 g/mol. The fourth-order valence-corrected chi connectivity index (χ4v) is 1.77. The smallest absolute Gasteiger partial charge is 0.251 e. The van der Waals surface area contributed by atoms with Crippen LogP contribution in [0.1, 0.15) is 17.3 Å². The summed E-state index contributed by atoms with van der Waals surface area (Å²) in [4.78, 5) is 11.6. The molecular weight excluding hydrogens is 230 g/mol. The van der Waals surface area contributed by atoms with Gasteiger partial charge in [-0.15, -0.1) is 0 Å². The standard InChI is InChI=1S/C11H12ClNO3/c1-2-13-11(14)7-5-8(12)10-9(6-7)15-3-4-16-10/h5-6H,2-4H2,1H3,(H,13,14). The van der Waals surface area contributed by atoms with Crippen molar-refractivity contribution in [1.82, 2.24) is 5.32 Å². The predicted molar refractivity (Wildman–Crippen MR) is 60.4 cm³/mol. The van der Waals surface area contributed by atoms with Crippen LogP contribution in [0.25, 0.3) is 0 Å². The first-order valence-corrected chi connectivity index (χ1v) is 5.47. The van der Waals surface area contributed by atoms with E-state index in [0.717, 1.165) is 0 Å². The van der Waals surface area contributed by atoms with Crippen molar-refractivity contribution in [2.45, 2.75) is 6.92 Å². The molecular formula is C11H12ClNO3. The van der Waals surface area contributed by atoms with Crippen LogP contribution in [0.4, 0.5) is 0 Å². The third-order valence-electron chi connectivity index (χ3n) is 2.20. The van der Waals surface area contributed by atoms with E-state index >= 15 is 0 Å². The Hall–Kier alpha value is -1.42. The largest absolute Gasteiger partial charge is 0.486 e. The molecule has 1 N–H and O–H groups in total. The minimum absolute atomic E-state index is 0.165. The summed E-state index contributed by atoms with van der Waals surface area (Å²) in [7, 11) is 0. The van der Waals surface area contributed by atoms with Crippen LogP contribution in [0.2, 0.25) is 5.02 Å². The summed E-state index contributed by atoms with van der Waals surface area (Å²) in [6.45, 7) is 3.39. The highest BCUT2D eigenvalue weighted by Gasteiger charge is 2.18. The molecule has 1 heterocycles. The topological polar surface area (TPSA) is 47.6 Å². The summed E-state index contributed by atoms with van der Waals surface area (Å²) in [5.74, 6) is 0.877. The van der Waals surface area contributed by atoms with Gasteiger partial charge in [0, 0.05) is 12.1 Å². The van der Waals surface area contributed by atoms with Gasteiger partial charge in [0.2, 0.25) is 0 Å². The lowest BCUT2D eigenvalue weighted by atomic mass is 10.2. The number of fused-ring (bicyclic) bond motifs is 1. The SMILES string of the molecule is CCNC(=O)c1cc(Cl)c2c(c1)OCCO2. The molecule has 4 nitrogen and oxygen atoms in total. The van der Waals surface area contributed by atoms with Crippen LogP contribution >= 0.6 is 11.6 Å². The van der Waals surface area contributed by atoms with E-state index in [0.29, 0.717) is 41.8 Å². The summed E-state index contributed by atoms with van der Waals surface area (Å²) >= 11 is 6.01. The lowest BCUT2D eigenvalue weighted by Gasteiger charge is -2.20. The summed E-state index contributed by atoms with van der Waals surface area (Å²) in [6, 6.07) is 3.23. The number of amides is 1. The highest BCUT2D eigenvalue weighted by atomic mass is 35.5. The van der Waals surface area contributed by atoms with E-state index in [-0.39, 0.29) is 5.91 Å². The molecule has 0 saturated heterocycles. The zero-order valence-corrected chi connectivity index (χ0v) is 9.63. The maximum absolute atomic E-state index is 11.6. The minimum atomic E-state index is -0.165. The van der Waals surface area contributed by atoms with Crippen LogP contribution in [-0.4, -0.2) is 25.7 Å². The second-order valence-electron chi connectivity index (χ2n) is 3.34. The normalized spacial score (nSPS) is 13.4. The molecule has 0 spiro atoms. The Balaban J connectivity index is 2.35. The molecule has 0 radical (unpaired) electrons. The molecule has 5 heteroatoms. The van der Waals surface area contributed by atoms with Crippen molar-refractivity contribution >= 4 is 17.5 Å². The first kappa shape index (κ1) is 11.1. The maximum Gasteiger partial charge on any atom is 0.251 e. The maximum atomic E-state index is 11.6. The highest BCUT2D eigenvalue weighted by Crippen LogP contribution is 2.38. The molecule has 0 saturated carbocycles. The quantitative estimate of drug-likeness (QED) is 0.860. The number of rotatable bonds is 2. The number of halogens is 1. The zero-order chi connectivity index (χ0) is 11.5. The second-order valence-corrected chi connectivity index (χ2v) is 3.75. The van der Waals surface area contributed by atoms with Gasteiger partial charge in [-0.25, -0.2) is 0 Å². The Labute approximate surface area is 98.5 Å². The van der Waals surface area contributed by atoms with Gasteiger partial charge < -0.3 is 14.8 Å². The van der Waals surface area contributed by atoms with E-state index in [1.807, 2.05) is 6.92 Å². The van der Waals surface area contributed by atoms with E-state index in [2.05, 4.69) is 5.32 Å². The second kappa shape index (κ2) is 4.61. The molecule has 0 aromatic heterocycles. The minimum Gasteiger partial charge on any atom is -0.486 e. The van der Waals surface area contributed by atoms with Crippen molar-refractivity contribution in [3.8, 4) is 11.5 Å². The molecule has 86 valence electrons. The van der Waals surface area contributed by atoms with E-state index in [9.17, 15) is 4.79 Å². The van der Waals surface area contributed by atoms with Crippen LogP contribution < -0.4 is 14.8 Å². The van der Waals surface area contributed by atoms with Gasteiger partial charge in [-0.3, -0.25) is 4.79 Å². The number of nitrogens with one attached hydrogen (secondary N) is 1. The van der Waals surface area contributed by atoms with Crippen molar-refractivity contribution in [3.05, 3.63) is 22.7 Å². The third kappa shape index (κ3) is 2.07. The van der Waals surface area contributed by atoms with Gasteiger partial charge in [0.25, 0.3) is 5.91 Å². The van der Waals surface area contributed by atoms with Gasteiger partial charge in [-0.05, 0) is 19.1 Å². The number of benzene rings is 1. The Kier molecular flexibility index (Phi) is 3.19. The van der Waals surface area contributed by atoms with Crippen molar-refractivity contribution in [3.63, 3.8) is 0 Å². The molecule has 1 amide bonds. The molecule has 1 aliphatic heterocycles. The van der Waals surface area contributed by atoms with E-state index in [1.54, 1.807) is 12.1 Å². The lowest BCUT2D eigenvalue weighted by Crippen LogP contribution is -2.23. The van der Waals surface area contributed by atoms with E-state index in [4.69, 9.17) is 21.1 Å². The molecule has 0 aliphatic carbocycles. The summed E-state index contributed by atoms with van der Waals surface area (Å²) in [5.41, 5.74) is 0.483. The lowest BCUT2D eigenvalue weighted by molar-refractivity contribution is 0.0954. The molecule has 0 unspecified atom stereocenters.